The lowest BCUT2D eigenvalue weighted by atomic mass is 9.93. The standard InChI is InChI=1S/C8H16N2O3/c1-5(11)6(2-3-9)4-7(10)8(12)13/h6-7H,2-4,9-10H2,1H3,(H,12,13)/t6?,7-/m1/s1. The summed E-state index contributed by atoms with van der Waals surface area (Å²) in [7, 11) is 0. The molecule has 0 heterocycles. The van der Waals surface area contributed by atoms with Gasteiger partial charge in [0.15, 0.2) is 0 Å². The minimum atomic E-state index is -1.08. The van der Waals surface area contributed by atoms with E-state index >= 15 is 0 Å². The van der Waals surface area contributed by atoms with Crippen LogP contribution in [0.15, 0.2) is 0 Å². The molecular weight excluding hydrogens is 172 g/mol. The van der Waals surface area contributed by atoms with Crippen molar-refractivity contribution in [1.82, 2.24) is 0 Å². The summed E-state index contributed by atoms with van der Waals surface area (Å²) in [6.45, 7) is 1.80. The van der Waals surface area contributed by atoms with Crippen LogP contribution in [0, 0.1) is 5.92 Å². The molecule has 0 bridgehead atoms. The number of ketones is 1. The summed E-state index contributed by atoms with van der Waals surface area (Å²) in [5.74, 6) is -1.46. The van der Waals surface area contributed by atoms with Crippen LogP contribution in [0.4, 0.5) is 0 Å². The highest BCUT2D eigenvalue weighted by atomic mass is 16.4. The summed E-state index contributed by atoms with van der Waals surface area (Å²) < 4.78 is 0. The summed E-state index contributed by atoms with van der Waals surface area (Å²) in [6.07, 6.45) is 0.665. The van der Waals surface area contributed by atoms with Gasteiger partial charge in [0.2, 0.25) is 0 Å². The van der Waals surface area contributed by atoms with E-state index < -0.39 is 12.0 Å². The Morgan fingerprint density at radius 2 is 2.00 bits per heavy atom. The Morgan fingerprint density at radius 3 is 2.31 bits per heavy atom. The third-order valence-electron chi connectivity index (χ3n) is 1.95. The molecule has 0 aliphatic carbocycles. The first-order valence-electron chi connectivity index (χ1n) is 4.18. The number of aliphatic carboxylic acids is 1. The number of rotatable bonds is 6. The molecule has 5 heteroatoms. The van der Waals surface area contributed by atoms with Crippen LogP contribution in [0.2, 0.25) is 0 Å². The number of carbonyl (C=O) groups excluding carboxylic acids is 1. The van der Waals surface area contributed by atoms with E-state index in [0.29, 0.717) is 13.0 Å². The molecule has 0 aliphatic rings. The molecule has 5 N–H and O–H groups in total. The molecule has 13 heavy (non-hydrogen) atoms. The smallest absolute Gasteiger partial charge is 0.320 e. The second-order valence-corrected chi connectivity index (χ2v) is 3.07. The molecule has 76 valence electrons. The van der Waals surface area contributed by atoms with Crippen molar-refractivity contribution in [2.75, 3.05) is 6.54 Å². The summed E-state index contributed by atoms with van der Waals surface area (Å²) in [5.41, 5.74) is 10.6. The SMILES string of the molecule is CC(=O)C(CCN)C[C@@H](N)C(=O)O. The second-order valence-electron chi connectivity index (χ2n) is 3.07. The van der Waals surface area contributed by atoms with E-state index in [9.17, 15) is 9.59 Å². The molecule has 1 unspecified atom stereocenters. The number of hydrogen-bond donors (Lipinski definition) is 3. The van der Waals surface area contributed by atoms with Crippen LogP contribution >= 0.6 is 0 Å². The van der Waals surface area contributed by atoms with Gasteiger partial charge in [0.05, 0.1) is 0 Å². The van der Waals surface area contributed by atoms with Gasteiger partial charge in [0.1, 0.15) is 11.8 Å². The topological polar surface area (TPSA) is 106 Å². The van der Waals surface area contributed by atoms with Gasteiger partial charge in [0, 0.05) is 5.92 Å². The van der Waals surface area contributed by atoms with Crippen LogP contribution in [0.1, 0.15) is 19.8 Å². The van der Waals surface area contributed by atoms with E-state index in [-0.39, 0.29) is 18.1 Å². The molecule has 0 aromatic rings. The average Bonchev–Trinajstić information content (AvgIpc) is 2.03. The summed E-state index contributed by atoms with van der Waals surface area (Å²) in [5, 5.41) is 8.51. The fourth-order valence-corrected chi connectivity index (χ4v) is 1.10. The maximum Gasteiger partial charge on any atom is 0.320 e. The van der Waals surface area contributed by atoms with Gasteiger partial charge in [-0.15, -0.1) is 0 Å². The van der Waals surface area contributed by atoms with E-state index in [2.05, 4.69) is 0 Å². The Labute approximate surface area is 77.1 Å². The normalized spacial score (nSPS) is 15.0. The first-order chi connectivity index (χ1) is 5.99. The van der Waals surface area contributed by atoms with Crippen molar-refractivity contribution in [2.45, 2.75) is 25.8 Å². The van der Waals surface area contributed by atoms with Gasteiger partial charge in [-0.3, -0.25) is 9.59 Å². The molecule has 0 rings (SSSR count). The lowest BCUT2D eigenvalue weighted by Gasteiger charge is -2.14. The number of Topliss-reactive ketones (excluding diaryl/α,β-unsaturated/α-hetero) is 1. The van der Waals surface area contributed by atoms with E-state index in [1.165, 1.54) is 6.92 Å². The van der Waals surface area contributed by atoms with Crippen LogP contribution in [0.5, 0.6) is 0 Å². The number of hydrogen-bond acceptors (Lipinski definition) is 4. The van der Waals surface area contributed by atoms with Gasteiger partial charge >= 0.3 is 5.97 Å². The molecule has 0 aromatic carbocycles. The minimum absolute atomic E-state index is 0.0536. The van der Waals surface area contributed by atoms with Gasteiger partial charge < -0.3 is 16.6 Å². The van der Waals surface area contributed by atoms with Gasteiger partial charge in [-0.1, -0.05) is 0 Å². The van der Waals surface area contributed by atoms with Crippen molar-refractivity contribution >= 4 is 11.8 Å². The van der Waals surface area contributed by atoms with E-state index in [1.807, 2.05) is 0 Å². The van der Waals surface area contributed by atoms with Crippen LogP contribution in [-0.4, -0.2) is 29.4 Å². The zero-order valence-corrected chi connectivity index (χ0v) is 7.69. The summed E-state index contributed by atoms with van der Waals surface area (Å²) >= 11 is 0. The maximum atomic E-state index is 11.0. The minimum Gasteiger partial charge on any atom is -0.480 e. The van der Waals surface area contributed by atoms with Crippen molar-refractivity contribution < 1.29 is 14.7 Å². The fourth-order valence-electron chi connectivity index (χ4n) is 1.10. The molecule has 2 atom stereocenters. The largest absolute Gasteiger partial charge is 0.480 e. The first kappa shape index (κ1) is 12.1. The Balaban J connectivity index is 4.09. The Kier molecular flexibility index (Phi) is 5.25. The van der Waals surface area contributed by atoms with Crippen molar-refractivity contribution in [2.24, 2.45) is 17.4 Å². The molecule has 0 aromatic heterocycles. The van der Waals surface area contributed by atoms with Crippen LogP contribution < -0.4 is 11.5 Å². The molecule has 5 nitrogen and oxygen atoms in total. The Morgan fingerprint density at radius 1 is 1.46 bits per heavy atom. The third kappa shape index (κ3) is 4.59. The van der Waals surface area contributed by atoms with Gasteiger partial charge in [-0.25, -0.2) is 0 Å². The fraction of sp³-hybridized carbons (Fsp3) is 0.750. The van der Waals surface area contributed by atoms with Gasteiger partial charge in [-0.2, -0.15) is 0 Å². The first-order valence-corrected chi connectivity index (χ1v) is 4.18. The third-order valence-corrected chi connectivity index (χ3v) is 1.95. The molecule has 0 saturated carbocycles. The number of carboxylic acid groups (broad SMARTS) is 1. The van der Waals surface area contributed by atoms with Crippen LogP contribution in [0.3, 0.4) is 0 Å². The highest BCUT2D eigenvalue weighted by Gasteiger charge is 2.21. The number of carboxylic acids is 1. The molecule has 0 spiro atoms. The monoisotopic (exact) mass is 188 g/mol. The molecule has 0 fully saturated rings. The molecule has 0 aliphatic heterocycles. The van der Waals surface area contributed by atoms with Gasteiger partial charge in [-0.05, 0) is 26.3 Å². The number of nitrogens with two attached hydrogens (primary N) is 2. The zero-order chi connectivity index (χ0) is 10.4. The van der Waals surface area contributed by atoms with Crippen molar-refractivity contribution in [1.29, 1.82) is 0 Å². The maximum absolute atomic E-state index is 11.0. The Hall–Kier alpha value is -0.940. The predicted octanol–water partition coefficient (Wildman–Crippen LogP) is -0.658. The summed E-state index contributed by atoms with van der Waals surface area (Å²) in [6, 6.07) is -0.972. The summed E-state index contributed by atoms with van der Waals surface area (Å²) in [4.78, 5) is 21.4. The van der Waals surface area contributed by atoms with E-state index in [4.69, 9.17) is 16.6 Å². The lowest BCUT2D eigenvalue weighted by molar-refractivity contribution is -0.139. The predicted molar refractivity (Wildman–Crippen MR) is 48.1 cm³/mol. The second kappa shape index (κ2) is 5.66. The molecular formula is C8H16N2O3. The highest BCUT2D eigenvalue weighted by Crippen LogP contribution is 2.11. The molecule has 0 amide bonds. The lowest BCUT2D eigenvalue weighted by Crippen LogP contribution is -2.34. The van der Waals surface area contributed by atoms with E-state index in [1.54, 1.807) is 0 Å². The number of carbonyl (C=O) groups is 2. The zero-order valence-electron chi connectivity index (χ0n) is 7.69. The molecule has 0 saturated heterocycles. The molecule has 0 radical (unpaired) electrons. The quantitative estimate of drug-likeness (QED) is 0.513. The van der Waals surface area contributed by atoms with Crippen LogP contribution in [0.25, 0.3) is 0 Å². The van der Waals surface area contributed by atoms with Crippen molar-refractivity contribution in [3.8, 4) is 0 Å². The average molecular weight is 188 g/mol. The van der Waals surface area contributed by atoms with Crippen molar-refractivity contribution in [3.05, 3.63) is 0 Å². The van der Waals surface area contributed by atoms with Crippen LogP contribution in [-0.2, 0) is 9.59 Å². The Bertz CT molecular complexity index is 194. The van der Waals surface area contributed by atoms with E-state index in [0.717, 1.165) is 0 Å². The highest BCUT2D eigenvalue weighted by molar-refractivity contribution is 5.80. The van der Waals surface area contributed by atoms with Gasteiger partial charge in [0.25, 0.3) is 0 Å². The van der Waals surface area contributed by atoms with Crippen molar-refractivity contribution in [3.63, 3.8) is 0 Å².